The summed E-state index contributed by atoms with van der Waals surface area (Å²) in [5, 5.41) is 0. The van der Waals surface area contributed by atoms with Gasteiger partial charge in [-0.05, 0) is 13.8 Å². The van der Waals surface area contributed by atoms with Gasteiger partial charge in [-0.15, -0.1) is 0 Å². The number of hydrogen-bond acceptors (Lipinski definition) is 4. The molecule has 1 aromatic heterocycles. The summed E-state index contributed by atoms with van der Waals surface area (Å²) in [4.78, 5) is 28.7. The minimum absolute atomic E-state index is 0.266. The van der Waals surface area contributed by atoms with Gasteiger partial charge in [0.1, 0.15) is 0 Å². The number of aromatic nitrogens is 2. The lowest BCUT2D eigenvalue weighted by Crippen LogP contribution is -2.16. The average Bonchev–Trinajstić information content (AvgIpc) is 2.55. The molecule has 0 aromatic carbocycles. The van der Waals surface area contributed by atoms with Crippen LogP contribution >= 0.6 is 11.8 Å². The zero-order chi connectivity index (χ0) is 12.1. The van der Waals surface area contributed by atoms with Crippen molar-refractivity contribution in [2.24, 2.45) is 0 Å². The van der Waals surface area contributed by atoms with Crippen LogP contribution < -0.4 is 0 Å². The normalized spacial score (nSPS) is 14.8. The zero-order valence-electron chi connectivity index (χ0n) is 9.11. The number of hydrogen-bond donors (Lipinski definition) is 0. The van der Waals surface area contributed by atoms with Crippen LogP contribution in [0.1, 0.15) is 24.2 Å². The number of carbonyl (C=O) groups excluding carboxylic acids is 2. The van der Waals surface area contributed by atoms with E-state index in [1.165, 1.54) is 0 Å². The molecule has 1 aromatic rings. The fourth-order valence-corrected chi connectivity index (χ4v) is 1.18. The Morgan fingerprint density at radius 1 is 1.06 bits per heavy atom. The lowest BCUT2D eigenvalue weighted by Gasteiger charge is -1.96. The number of imide groups is 1. The van der Waals surface area contributed by atoms with E-state index in [-0.39, 0.29) is 24.7 Å². The molecule has 0 bridgehead atoms. The first-order chi connectivity index (χ1) is 7.50. The van der Waals surface area contributed by atoms with E-state index in [0.717, 1.165) is 11.4 Å². The number of rotatable bonds is 0. The van der Waals surface area contributed by atoms with Crippen LogP contribution in [0, 0.1) is 13.8 Å². The first kappa shape index (κ1) is 12.6. The third-order valence-corrected chi connectivity index (χ3v) is 2.28. The van der Waals surface area contributed by atoms with Crippen LogP contribution in [-0.4, -0.2) is 26.2 Å². The Kier molecular flexibility index (Phi) is 4.37. The predicted molar refractivity (Wildman–Crippen MR) is 58.4 cm³/mol. The molecule has 1 aliphatic heterocycles. The molecule has 2 heterocycles. The van der Waals surface area contributed by atoms with E-state index in [2.05, 4.69) is 9.97 Å². The summed E-state index contributed by atoms with van der Waals surface area (Å²) < 4.78 is 0.639. The topological polar surface area (TPSA) is 63.2 Å². The van der Waals surface area contributed by atoms with Crippen molar-refractivity contribution in [3.63, 3.8) is 0 Å². The molecule has 0 atom stereocenters. The summed E-state index contributed by atoms with van der Waals surface area (Å²) in [5.41, 5.74) is 1.94. The van der Waals surface area contributed by atoms with Gasteiger partial charge in [0.05, 0.1) is 11.4 Å². The fourth-order valence-electron chi connectivity index (χ4n) is 1.01. The fraction of sp³-hybridized carbons (Fsp3) is 0.400. The molecule has 2 amide bonds. The minimum atomic E-state index is -0.295. The van der Waals surface area contributed by atoms with Crippen molar-refractivity contribution in [1.82, 2.24) is 14.4 Å². The second-order valence-electron chi connectivity index (χ2n) is 3.37. The maximum atomic E-state index is 10.4. The summed E-state index contributed by atoms with van der Waals surface area (Å²) in [6.07, 6.45) is 4.05. The van der Waals surface area contributed by atoms with Crippen LogP contribution in [-0.2, 0) is 9.59 Å². The maximum absolute atomic E-state index is 10.4. The van der Waals surface area contributed by atoms with Gasteiger partial charge in [-0.3, -0.25) is 19.6 Å². The SMILES string of the molecule is Cc1cnc(C)cn1.O=C1CCC(=O)N1Cl. The number of halogens is 1. The average molecular weight is 242 g/mol. The highest BCUT2D eigenvalue weighted by molar-refractivity contribution is 6.32. The van der Waals surface area contributed by atoms with E-state index in [4.69, 9.17) is 11.8 Å². The predicted octanol–water partition coefficient (Wildman–Crippen LogP) is 1.38. The molecule has 16 heavy (non-hydrogen) atoms. The van der Waals surface area contributed by atoms with Crippen molar-refractivity contribution in [3.8, 4) is 0 Å². The first-order valence-corrected chi connectivity index (χ1v) is 5.11. The van der Waals surface area contributed by atoms with E-state index in [0.29, 0.717) is 4.42 Å². The highest BCUT2D eigenvalue weighted by Crippen LogP contribution is 2.12. The van der Waals surface area contributed by atoms with Crippen molar-refractivity contribution in [1.29, 1.82) is 0 Å². The summed E-state index contributed by atoms with van der Waals surface area (Å²) >= 11 is 5.15. The summed E-state index contributed by atoms with van der Waals surface area (Å²) in [5.74, 6) is -0.590. The van der Waals surface area contributed by atoms with Crippen LogP contribution in [0.3, 0.4) is 0 Å². The van der Waals surface area contributed by atoms with Crippen LogP contribution in [0.2, 0.25) is 0 Å². The van der Waals surface area contributed by atoms with Gasteiger partial charge >= 0.3 is 0 Å². The molecule has 2 rings (SSSR count). The number of aryl methyl sites for hydroxylation is 2. The second kappa shape index (κ2) is 5.55. The Balaban J connectivity index is 0.000000160. The highest BCUT2D eigenvalue weighted by Gasteiger charge is 2.26. The molecule has 0 aliphatic carbocycles. The van der Waals surface area contributed by atoms with Crippen LogP contribution in [0.25, 0.3) is 0 Å². The van der Waals surface area contributed by atoms with Crippen molar-refractivity contribution in [2.75, 3.05) is 0 Å². The Morgan fingerprint density at radius 3 is 1.62 bits per heavy atom. The quantitative estimate of drug-likeness (QED) is 0.509. The molecule has 1 saturated heterocycles. The van der Waals surface area contributed by atoms with E-state index >= 15 is 0 Å². The van der Waals surface area contributed by atoms with Gasteiger partial charge in [0.15, 0.2) is 0 Å². The number of carbonyl (C=O) groups is 2. The monoisotopic (exact) mass is 241 g/mol. The third kappa shape index (κ3) is 3.58. The molecule has 0 spiro atoms. The van der Waals surface area contributed by atoms with Gasteiger partial charge in [-0.25, -0.2) is 0 Å². The zero-order valence-corrected chi connectivity index (χ0v) is 9.86. The summed E-state index contributed by atoms with van der Waals surface area (Å²) in [7, 11) is 0. The standard InChI is InChI=1S/C6H8N2.C4H4ClNO2/c1-5-3-8-6(2)4-7-5;5-6-3(7)1-2-4(6)8/h3-4H,1-2H3;1-2H2. The lowest BCUT2D eigenvalue weighted by atomic mass is 10.4. The Bertz CT molecular complexity index is 355. The van der Waals surface area contributed by atoms with Crippen molar-refractivity contribution in [3.05, 3.63) is 23.8 Å². The van der Waals surface area contributed by atoms with Gasteiger partial charge in [0.25, 0.3) is 0 Å². The molecule has 5 nitrogen and oxygen atoms in total. The second-order valence-corrected chi connectivity index (χ2v) is 3.71. The molecule has 0 unspecified atom stereocenters. The minimum Gasteiger partial charge on any atom is -0.273 e. The number of amides is 2. The smallest absolute Gasteiger partial charge is 0.244 e. The molecule has 0 radical (unpaired) electrons. The van der Waals surface area contributed by atoms with Gasteiger partial charge in [0, 0.05) is 37.0 Å². The van der Waals surface area contributed by atoms with Crippen LogP contribution in [0.15, 0.2) is 12.4 Å². The molecule has 0 N–H and O–H groups in total. The largest absolute Gasteiger partial charge is 0.273 e. The summed E-state index contributed by atoms with van der Waals surface area (Å²) in [6, 6.07) is 0. The molecule has 1 aliphatic rings. The summed E-state index contributed by atoms with van der Waals surface area (Å²) in [6.45, 7) is 3.85. The van der Waals surface area contributed by atoms with E-state index in [1.807, 2.05) is 13.8 Å². The van der Waals surface area contributed by atoms with Gasteiger partial charge < -0.3 is 0 Å². The molecule has 0 saturated carbocycles. The Hall–Kier alpha value is -1.49. The van der Waals surface area contributed by atoms with Crippen LogP contribution in [0.4, 0.5) is 0 Å². The number of nitrogens with zero attached hydrogens (tertiary/aromatic N) is 3. The maximum Gasteiger partial charge on any atom is 0.244 e. The van der Waals surface area contributed by atoms with Crippen LogP contribution in [0.5, 0.6) is 0 Å². The lowest BCUT2D eigenvalue weighted by molar-refractivity contribution is -0.132. The molecular formula is C10H12ClN3O2. The highest BCUT2D eigenvalue weighted by atomic mass is 35.5. The van der Waals surface area contributed by atoms with Gasteiger partial charge in [-0.1, -0.05) is 0 Å². The molecule has 6 heteroatoms. The van der Waals surface area contributed by atoms with E-state index in [1.54, 1.807) is 12.4 Å². The Labute approximate surface area is 98.6 Å². The molecule has 86 valence electrons. The Morgan fingerprint density at radius 2 is 1.44 bits per heavy atom. The molecular weight excluding hydrogens is 230 g/mol. The van der Waals surface area contributed by atoms with Crippen molar-refractivity contribution >= 4 is 23.6 Å². The van der Waals surface area contributed by atoms with E-state index < -0.39 is 0 Å². The van der Waals surface area contributed by atoms with E-state index in [9.17, 15) is 9.59 Å². The van der Waals surface area contributed by atoms with Crippen molar-refractivity contribution < 1.29 is 9.59 Å². The van der Waals surface area contributed by atoms with Gasteiger partial charge in [-0.2, -0.15) is 4.42 Å². The van der Waals surface area contributed by atoms with Gasteiger partial charge in [0.2, 0.25) is 11.8 Å². The first-order valence-electron chi connectivity index (χ1n) is 4.77. The molecule has 1 fully saturated rings. The third-order valence-electron chi connectivity index (χ3n) is 1.90. The van der Waals surface area contributed by atoms with Crippen molar-refractivity contribution in [2.45, 2.75) is 26.7 Å².